The zero-order chi connectivity index (χ0) is 15.9. The fourth-order valence-corrected chi connectivity index (χ4v) is 1.05. The smallest absolute Gasteiger partial charge is 0.326 e. The highest BCUT2D eigenvalue weighted by atomic mass is 16.5. The van der Waals surface area contributed by atoms with Crippen molar-refractivity contribution in [1.29, 1.82) is 0 Å². The maximum Gasteiger partial charge on any atom is 0.326 e. The van der Waals surface area contributed by atoms with E-state index < -0.39 is 41.8 Å². The summed E-state index contributed by atoms with van der Waals surface area (Å²) in [6.07, 6.45) is -0.502. The van der Waals surface area contributed by atoms with Gasteiger partial charge in [0.15, 0.2) is 0 Å². The van der Waals surface area contributed by atoms with Gasteiger partial charge in [-0.05, 0) is 13.8 Å². The molecule has 114 valence electrons. The fourth-order valence-electron chi connectivity index (χ4n) is 1.05. The molecule has 0 fully saturated rings. The molecule has 1 atom stereocenters. The minimum atomic E-state index is -1.42. The van der Waals surface area contributed by atoms with Crippen molar-refractivity contribution in [1.82, 2.24) is 10.6 Å². The molecule has 0 spiro atoms. The number of aliphatic carboxylic acids is 1. The van der Waals surface area contributed by atoms with Crippen LogP contribution >= 0.6 is 0 Å². The zero-order valence-electron chi connectivity index (χ0n) is 11.6. The quantitative estimate of drug-likeness (QED) is 0.433. The largest absolute Gasteiger partial charge is 0.480 e. The van der Waals surface area contributed by atoms with E-state index >= 15 is 0 Å². The molecule has 9 heteroatoms. The molecule has 0 aromatic rings. The Labute approximate surface area is 115 Å². The van der Waals surface area contributed by atoms with Crippen molar-refractivity contribution in [3.8, 4) is 0 Å². The van der Waals surface area contributed by atoms with E-state index in [1.807, 2.05) is 0 Å². The topological polar surface area (TPSA) is 148 Å². The predicted molar refractivity (Wildman–Crippen MR) is 67.6 cm³/mol. The lowest BCUT2D eigenvalue weighted by atomic mass is 9.93. The van der Waals surface area contributed by atoms with Crippen molar-refractivity contribution in [2.24, 2.45) is 11.1 Å². The number of nitrogens with two attached hydrogens (primary N) is 1. The summed E-state index contributed by atoms with van der Waals surface area (Å²) in [4.78, 5) is 44.4. The summed E-state index contributed by atoms with van der Waals surface area (Å²) in [6, 6.07) is -2.24. The van der Waals surface area contributed by atoms with Crippen LogP contribution in [0.3, 0.4) is 0 Å². The molecule has 0 radical (unpaired) electrons. The number of carboxylic acid groups (broad SMARTS) is 1. The number of primary amides is 1. The number of urea groups is 1. The van der Waals surface area contributed by atoms with Gasteiger partial charge in [0.25, 0.3) is 0 Å². The van der Waals surface area contributed by atoms with Crippen LogP contribution in [0.1, 0.15) is 20.3 Å². The summed E-state index contributed by atoms with van der Waals surface area (Å²) >= 11 is 0. The number of carbonyl (C=O) groups is 4. The molecule has 0 aliphatic carbocycles. The molecule has 9 nitrogen and oxygen atoms in total. The Bertz CT molecular complexity index is 407. The average Bonchev–Trinajstić information content (AvgIpc) is 2.35. The number of carbonyl (C=O) groups excluding carboxylic acids is 3. The first-order valence-corrected chi connectivity index (χ1v) is 5.74. The van der Waals surface area contributed by atoms with Crippen LogP contribution < -0.4 is 16.4 Å². The molecule has 3 amide bonds. The van der Waals surface area contributed by atoms with Crippen LogP contribution in [0.25, 0.3) is 0 Å². The van der Waals surface area contributed by atoms with Crippen LogP contribution in [0.4, 0.5) is 4.79 Å². The number of methoxy groups -OCH3 is 1. The third-order valence-corrected chi connectivity index (χ3v) is 2.56. The van der Waals surface area contributed by atoms with Crippen LogP contribution in [-0.2, 0) is 19.1 Å². The van der Waals surface area contributed by atoms with E-state index in [0.29, 0.717) is 0 Å². The Morgan fingerprint density at radius 2 is 1.85 bits per heavy atom. The molecule has 0 saturated carbocycles. The number of esters is 1. The molecule has 0 unspecified atom stereocenters. The lowest BCUT2D eigenvalue weighted by Crippen LogP contribution is -2.50. The normalized spacial score (nSPS) is 12.2. The van der Waals surface area contributed by atoms with Crippen molar-refractivity contribution in [3.05, 3.63) is 0 Å². The summed E-state index contributed by atoms with van der Waals surface area (Å²) in [6.45, 7) is 2.98. The van der Waals surface area contributed by atoms with Gasteiger partial charge in [0.2, 0.25) is 5.91 Å². The molecule has 20 heavy (non-hydrogen) atoms. The van der Waals surface area contributed by atoms with Crippen molar-refractivity contribution < 1.29 is 29.0 Å². The molecule has 0 bridgehead atoms. The first kappa shape index (κ1) is 17.7. The Balaban J connectivity index is 4.45. The number of nitrogens with one attached hydrogen (secondary N) is 2. The fraction of sp³-hybridized carbons (Fsp3) is 0.636. The number of ether oxygens (including phenoxy) is 1. The van der Waals surface area contributed by atoms with Gasteiger partial charge >= 0.3 is 18.0 Å². The summed E-state index contributed by atoms with van der Waals surface area (Å²) in [7, 11) is 1.11. The van der Waals surface area contributed by atoms with E-state index in [2.05, 4.69) is 15.4 Å². The lowest BCUT2D eigenvalue weighted by molar-refractivity contribution is -0.147. The first-order chi connectivity index (χ1) is 9.10. The minimum Gasteiger partial charge on any atom is -0.480 e. The van der Waals surface area contributed by atoms with Gasteiger partial charge in [0, 0.05) is 6.54 Å². The van der Waals surface area contributed by atoms with Crippen molar-refractivity contribution in [2.75, 3.05) is 13.7 Å². The molecular weight excluding hydrogens is 270 g/mol. The maximum absolute atomic E-state index is 11.5. The summed E-state index contributed by atoms with van der Waals surface area (Å²) < 4.78 is 4.32. The van der Waals surface area contributed by atoms with Crippen LogP contribution in [0.5, 0.6) is 0 Å². The number of carboxylic acids is 1. The summed E-state index contributed by atoms with van der Waals surface area (Å²) in [5, 5.41) is 13.3. The van der Waals surface area contributed by atoms with Gasteiger partial charge < -0.3 is 26.2 Å². The van der Waals surface area contributed by atoms with Gasteiger partial charge in [-0.15, -0.1) is 0 Å². The van der Waals surface area contributed by atoms with Crippen LogP contribution in [0.15, 0.2) is 0 Å². The van der Waals surface area contributed by atoms with E-state index in [-0.39, 0.29) is 6.54 Å². The second-order valence-electron chi connectivity index (χ2n) is 4.75. The number of rotatable bonds is 7. The summed E-state index contributed by atoms with van der Waals surface area (Å²) in [5.41, 5.74) is 4.15. The molecule has 0 aliphatic heterocycles. The second-order valence-corrected chi connectivity index (χ2v) is 4.75. The van der Waals surface area contributed by atoms with Crippen molar-refractivity contribution in [3.63, 3.8) is 0 Å². The van der Waals surface area contributed by atoms with Gasteiger partial charge in [-0.1, -0.05) is 0 Å². The summed E-state index contributed by atoms with van der Waals surface area (Å²) in [5.74, 6) is -2.75. The van der Waals surface area contributed by atoms with Gasteiger partial charge in [-0.3, -0.25) is 9.59 Å². The van der Waals surface area contributed by atoms with Gasteiger partial charge in [0.05, 0.1) is 18.9 Å². The highest BCUT2D eigenvalue weighted by Crippen LogP contribution is 2.11. The van der Waals surface area contributed by atoms with Gasteiger partial charge in [-0.2, -0.15) is 0 Å². The highest BCUT2D eigenvalue weighted by Gasteiger charge is 2.27. The van der Waals surface area contributed by atoms with Crippen molar-refractivity contribution in [2.45, 2.75) is 26.3 Å². The first-order valence-electron chi connectivity index (χ1n) is 5.74. The van der Waals surface area contributed by atoms with E-state index in [9.17, 15) is 19.2 Å². The van der Waals surface area contributed by atoms with E-state index in [1.54, 1.807) is 0 Å². The average molecular weight is 289 g/mol. The molecule has 0 aromatic heterocycles. The zero-order valence-corrected chi connectivity index (χ0v) is 11.6. The van der Waals surface area contributed by atoms with Crippen LogP contribution in [0.2, 0.25) is 0 Å². The SMILES string of the molecule is COC(=O)C[C@H](NC(=O)NCC(C)(C)C(N)=O)C(=O)O. The molecular formula is C11H19N3O6. The Kier molecular flexibility index (Phi) is 6.47. The second kappa shape index (κ2) is 7.31. The number of hydrogen-bond donors (Lipinski definition) is 4. The highest BCUT2D eigenvalue weighted by molar-refractivity contribution is 5.87. The third-order valence-electron chi connectivity index (χ3n) is 2.56. The Morgan fingerprint density at radius 3 is 2.25 bits per heavy atom. The molecule has 0 rings (SSSR count). The lowest BCUT2D eigenvalue weighted by Gasteiger charge is -2.21. The van der Waals surface area contributed by atoms with E-state index in [4.69, 9.17) is 10.8 Å². The third kappa shape index (κ3) is 6.03. The molecule has 0 aromatic carbocycles. The Hall–Kier alpha value is -2.32. The number of hydrogen-bond acceptors (Lipinski definition) is 5. The molecule has 0 heterocycles. The molecule has 5 N–H and O–H groups in total. The van der Waals surface area contributed by atoms with E-state index in [0.717, 1.165) is 7.11 Å². The van der Waals surface area contributed by atoms with E-state index in [1.165, 1.54) is 13.8 Å². The standard InChI is InChI=1S/C11H19N3O6/c1-11(2,9(12)18)5-13-10(19)14-6(8(16)17)4-7(15)20-3/h6H,4-5H2,1-3H3,(H2,12,18)(H,16,17)(H2,13,14,19)/t6-/m0/s1. The van der Waals surface area contributed by atoms with Gasteiger partial charge in [-0.25, -0.2) is 9.59 Å². The minimum absolute atomic E-state index is 0.0707. The van der Waals surface area contributed by atoms with Crippen molar-refractivity contribution >= 4 is 23.9 Å². The Morgan fingerprint density at radius 1 is 1.30 bits per heavy atom. The predicted octanol–water partition coefficient (Wildman–Crippen LogP) is -1.19. The maximum atomic E-state index is 11.5. The van der Waals surface area contributed by atoms with Gasteiger partial charge in [0.1, 0.15) is 6.04 Å². The monoisotopic (exact) mass is 289 g/mol. The molecule has 0 aliphatic rings. The number of amides is 3. The molecule has 0 saturated heterocycles. The van der Waals surface area contributed by atoms with Crippen LogP contribution in [0, 0.1) is 5.41 Å². The van der Waals surface area contributed by atoms with Crippen LogP contribution in [-0.4, -0.2) is 48.7 Å².